The molecule has 2 fully saturated rings. The molecule has 2 N–H and O–H groups in total. The van der Waals surface area contributed by atoms with Crippen LogP contribution in [0.4, 0.5) is 0 Å². The normalized spacial score (nSPS) is 22.9. The van der Waals surface area contributed by atoms with Gasteiger partial charge >= 0.3 is 0 Å². The number of imidazole rings is 1. The molecule has 8 heteroatoms. The van der Waals surface area contributed by atoms with Gasteiger partial charge in [-0.3, -0.25) is 14.3 Å². The third-order valence-electron chi connectivity index (χ3n) is 5.60. The van der Waals surface area contributed by atoms with Crippen molar-refractivity contribution < 1.29 is 9.59 Å². The van der Waals surface area contributed by atoms with Crippen LogP contribution in [0.15, 0.2) is 12.5 Å². The van der Waals surface area contributed by atoms with Crippen molar-refractivity contribution in [3.63, 3.8) is 0 Å². The van der Waals surface area contributed by atoms with Crippen molar-refractivity contribution in [2.75, 3.05) is 0 Å². The summed E-state index contributed by atoms with van der Waals surface area (Å²) >= 11 is 0. The van der Waals surface area contributed by atoms with Crippen molar-refractivity contribution >= 4 is 11.8 Å². The molecule has 0 bridgehead atoms. The lowest BCUT2D eigenvalue weighted by molar-refractivity contribution is -0.129. The Hall–Kier alpha value is -2.64. The van der Waals surface area contributed by atoms with Gasteiger partial charge in [0.25, 0.3) is 0 Å². The maximum absolute atomic E-state index is 12.9. The van der Waals surface area contributed by atoms with Crippen LogP contribution in [-0.2, 0) is 23.2 Å². The smallest absolute Gasteiger partial charge is 0.226 e. The summed E-state index contributed by atoms with van der Waals surface area (Å²) in [5, 5.41) is 7.29. The molecule has 0 unspecified atom stereocenters. The molecule has 1 saturated heterocycles. The Labute approximate surface area is 152 Å². The Bertz CT molecular complexity index is 850. The van der Waals surface area contributed by atoms with Gasteiger partial charge in [-0.05, 0) is 26.7 Å². The van der Waals surface area contributed by atoms with Crippen molar-refractivity contribution in [2.45, 2.75) is 51.7 Å². The summed E-state index contributed by atoms with van der Waals surface area (Å²) in [6.07, 6.45) is 5.70. The van der Waals surface area contributed by atoms with E-state index in [9.17, 15) is 9.59 Å². The fourth-order valence-electron chi connectivity index (χ4n) is 3.81. The molecule has 2 amide bonds. The monoisotopic (exact) mass is 356 g/mol. The average molecular weight is 356 g/mol. The van der Waals surface area contributed by atoms with Crippen molar-refractivity contribution in [3.8, 4) is 0 Å². The fraction of sp³-hybridized carbons (Fsp3) is 0.556. The number of hydrogen-bond acceptors (Lipinski definition) is 4. The number of carbonyl (C=O) groups is 2. The molecular formula is C18H24N6O2. The molecule has 1 aliphatic carbocycles. The van der Waals surface area contributed by atoms with E-state index in [2.05, 4.69) is 20.4 Å². The van der Waals surface area contributed by atoms with E-state index in [1.165, 1.54) is 0 Å². The number of aryl methyl sites for hydroxylation is 2. The SMILES string of the molecule is Cc1[nH]cnc1CNC(=O)[C@H]1CC(=O)N(C2CC2)[C@@H]1c1cnn(C)c1C. The standard InChI is InChI=1S/C18H24N6O2/c1-10-15(21-9-20-10)8-19-18(26)13-6-16(25)24(12-4-5-12)17(13)14-7-22-23(3)11(14)2/h7,9,12-13,17H,4-6,8H2,1-3H3,(H,19,26)(H,20,21)/t13-,17-/m0/s1. The first kappa shape index (κ1) is 16.8. The van der Waals surface area contributed by atoms with Crippen LogP contribution in [-0.4, -0.2) is 42.5 Å². The summed E-state index contributed by atoms with van der Waals surface area (Å²) in [6, 6.07) is 0.0301. The number of nitrogens with zero attached hydrogens (tertiary/aromatic N) is 4. The molecule has 1 aliphatic heterocycles. The van der Waals surface area contributed by atoms with Crippen molar-refractivity contribution in [1.82, 2.24) is 30.0 Å². The lowest BCUT2D eigenvalue weighted by Crippen LogP contribution is -2.36. The van der Waals surface area contributed by atoms with Gasteiger partial charge in [-0.2, -0.15) is 5.10 Å². The molecule has 1 saturated carbocycles. The molecule has 2 atom stereocenters. The van der Waals surface area contributed by atoms with E-state index in [-0.39, 0.29) is 30.3 Å². The van der Waals surface area contributed by atoms with Crippen LogP contribution < -0.4 is 5.32 Å². The van der Waals surface area contributed by atoms with E-state index in [0.29, 0.717) is 6.54 Å². The van der Waals surface area contributed by atoms with Crippen LogP contribution in [0.1, 0.15) is 47.9 Å². The van der Waals surface area contributed by atoms with Crippen LogP contribution in [0, 0.1) is 19.8 Å². The largest absolute Gasteiger partial charge is 0.350 e. The molecule has 2 aromatic rings. The van der Waals surface area contributed by atoms with Crippen LogP contribution in [0.25, 0.3) is 0 Å². The zero-order valence-electron chi connectivity index (χ0n) is 15.3. The Balaban J connectivity index is 1.58. The summed E-state index contributed by atoms with van der Waals surface area (Å²) < 4.78 is 1.80. The quantitative estimate of drug-likeness (QED) is 0.839. The number of carbonyl (C=O) groups excluding carboxylic acids is 2. The van der Waals surface area contributed by atoms with Crippen molar-refractivity contribution in [3.05, 3.63) is 35.2 Å². The van der Waals surface area contributed by atoms with Gasteiger partial charge in [0.2, 0.25) is 11.8 Å². The third kappa shape index (κ3) is 2.79. The van der Waals surface area contributed by atoms with Crippen LogP contribution in [0.5, 0.6) is 0 Å². The number of amides is 2. The molecule has 0 radical (unpaired) electrons. The highest BCUT2D eigenvalue weighted by atomic mass is 16.2. The Morgan fingerprint density at radius 1 is 1.38 bits per heavy atom. The number of rotatable bonds is 5. The van der Waals surface area contributed by atoms with Gasteiger partial charge in [0.15, 0.2) is 0 Å². The molecule has 2 aromatic heterocycles. The van der Waals surface area contributed by atoms with Gasteiger partial charge in [-0.25, -0.2) is 4.98 Å². The van der Waals surface area contributed by atoms with E-state index in [1.54, 1.807) is 17.2 Å². The number of aromatic nitrogens is 4. The molecule has 8 nitrogen and oxygen atoms in total. The highest BCUT2D eigenvalue weighted by Crippen LogP contribution is 2.45. The van der Waals surface area contributed by atoms with E-state index in [1.807, 2.05) is 25.8 Å². The number of nitrogens with one attached hydrogen (secondary N) is 2. The van der Waals surface area contributed by atoms with Crippen molar-refractivity contribution in [1.29, 1.82) is 0 Å². The van der Waals surface area contributed by atoms with E-state index >= 15 is 0 Å². The highest BCUT2D eigenvalue weighted by molar-refractivity contribution is 5.90. The summed E-state index contributed by atoms with van der Waals surface area (Å²) in [7, 11) is 1.88. The maximum Gasteiger partial charge on any atom is 0.226 e. The number of H-pyrrole nitrogens is 1. The average Bonchev–Trinajstić information content (AvgIpc) is 3.16. The second kappa shape index (κ2) is 6.26. The van der Waals surface area contributed by atoms with E-state index in [4.69, 9.17) is 0 Å². The van der Waals surface area contributed by atoms with Crippen LogP contribution in [0.2, 0.25) is 0 Å². The molecular weight excluding hydrogens is 332 g/mol. The fourth-order valence-corrected chi connectivity index (χ4v) is 3.81. The molecule has 0 spiro atoms. The molecule has 2 aliphatic rings. The molecule has 3 heterocycles. The first-order valence-electron chi connectivity index (χ1n) is 9.03. The molecule has 26 heavy (non-hydrogen) atoms. The Morgan fingerprint density at radius 2 is 2.15 bits per heavy atom. The summed E-state index contributed by atoms with van der Waals surface area (Å²) in [5.41, 5.74) is 3.72. The number of aromatic amines is 1. The lowest BCUT2D eigenvalue weighted by Gasteiger charge is -2.28. The minimum atomic E-state index is -0.398. The predicted molar refractivity (Wildman–Crippen MR) is 93.8 cm³/mol. The second-order valence-corrected chi connectivity index (χ2v) is 7.29. The maximum atomic E-state index is 12.9. The summed E-state index contributed by atoms with van der Waals surface area (Å²) in [6.45, 7) is 4.27. The van der Waals surface area contributed by atoms with Gasteiger partial charge in [0.1, 0.15) is 0 Å². The molecule has 4 rings (SSSR count). The zero-order valence-corrected chi connectivity index (χ0v) is 15.3. The van der Waals surface area contributed by atoms with Crippen LogP contribution >= 0.6 is 0 Å². The minimum Gasteiger partial charge on any atom is -0.350 e. The third-order valence-corrected chi connectivity index (χ3v) is 5.60. The molecule has 138 valence electrons. The number of hydrogen-bond donors (Lipinski definition) is 2. The Morgan fingerprint density at radius 3 is 2.73 bits per heavy atom. The van der Waals surface area contributed by atoms with Gasteiger partial charge in [-0.15, -0.1) is 0 Å². The second-order valence-electron chi connectivity index (χ2n) is 7.29. The first-order chi connectivity index (χ1) is 12.5. The van der Waals surface area contributed by atoms with Crippen LogP contribution in [0.3, 0.4) is 0 Å². The van der Waals surface area contributed by atoms with Gasteiger partial charge in [-0.1, -0.05) is 0 Å². The summed E-state index contributed by atoms with van der Waals surface area (Å²) in [4.78, 5) is 34.7. The Kier molecular flexibility index (Phi) is 4.05. The highest BCUT2D eigenvalue weighted by Gasteiger charge is 2.50. The minimum absolute atomic E-state index is 0.0665. The van der Waals surface area contributed by atoms with E-state index < -0.39 is 5.92 Å². The van der Waals surface area contributed by atoms with Gasteiger partial charge in [0, 0.05) is 36.5 Å². The first-order valence-corrected chi connectivity index (χ1v) is 9.03. The number of likely N-dealkylation sites (tertiary alicyclic amines) is 1. The predicted octanol–water partition coefficient (Wildman–Crippen LogP) is 1.13. The van der Waals surface area contributed by atoms with Gasteiger partial charge < -0.3 is 15.2 Å². The van der Waals surface area contributed by atoms with Crippen molar-refractivity contribution in [2.24, 2.45) is 13.0 Å². The zero-order chi connectivity index (χ0) is 18.4. The topological polar surface area (TPSA) is 95.9 Å². The van der Waals surface area contributed by atoms with E-state index in [0.717, 1.165) is 35.5 Å². The van der Waals surface area contributed by atoms with Gasteiger partial charge in [0.05, 0.1) is 36.7 Å². The summed E-state index contributed by atoms with van der Waals surface area (Å²) in [5.74, 6) is -0.431. The lowest BCUT2D eigenvalue weighted by atomic mass is 9.93. The molecule has 0 aromatic carbocycles.